The average molecular weight is 559 g/mol. The van der Waals surface area contributed by atoms with Crippen LogP contribution in [0.3, 0.4) is 0 Å². The van der Waals surface area contributed by atoms with Crippen molar-refractivity contribution in [1.29, 1.82) is 0 Å². The fourth-order valence-electron chi connectivity index (χ4n) is 4.28. The summed E-state index contributed by atoms with van der Waals surface area (Å²) in [4.78, 5) is 41.7. The van der Waals surface area contributed by atoms with E-state index in [1.165, 1.54) is 26.3 Å². The first-order chi connectivity index (χ1) is 19.2. The summed E-state index contributed by atoms with van der Waals surface area (Å²) in [5.41, 5.74) is -0.160. The molecule has 11 nitrogen and oxygen atoms in total. The van der Waals surface area contributed by atoms with Crippen LogP contribution in [0.25, 0.3) is 0 Å². The highest BCUT2D eigenvalue weighted by atomic mass is 16.7. The van der Waals surface area contributed by atoms with Gasteiger partial charge in [0.05, 0.1) is 20.3 Å². The Morgan fingerprint density at radius 3 is 2.58 bits per heavy atom. The summed E-state index contributed by atoms with van der Waals surface area (Å²) in [6, 6.07) is 9.79. The van der Waals surface area contributed by atoms with Crippen molar-refractivity contribution < 1.29 is 42.8 Å². The smallest absolute Gasteiger partial charge is 0.331 e. The summed E-state index contributed by atoms with van der Waals surface area (Å²) in [6.07, 6.45) is 2.16. The van der Waals surface area contributed by atoms with Crippen LogP contribution >= 0.6 is 0 Å². The number of amides is 1. The maximum absolute atomic E-state index is 13.3. The van der Waals surface area contributed by atoms with E-state index in [0.29, 0.717) is 11.7 Å². The van der Waals surface area contributed by atoms with Crippen LogP contribution in [-0.2, 0) is 23.8 Å². The number of esters is 2. The lowest BCUT2D eigenvalue weighted by Crippen LogP contribution is -2.46. The molecule has 0 saturated carbocycles. The molecule has 0 spiro atoms. The Balaban J connectivity index is 1.78. The van der Waals surface area contributed by atoms with Crippen LogP contribution in [0, 0.1) is 11.8 Å². The van der Waals surface area contributed by atoms with Gasteiger partial charge in [-0.25, -0.2) is 9.78 Å². The number of carbonyl (C=O) groups is 3. The van der Waals surface area contributed by atoms with Gasteiger partial charge in [0, 0.05) is 25.1 Å². The van der Waals surface area contributed by atoms with Gasteiger partial charge in [-0.3, -0.25) is 9.59 Å². The zero-order valence-corrected chi connectivity index (χ0v) is 23.6. The molecule has 1 aliphatic rings. The summed E-state index contributed by atoms with van der Waals surface area (Å²) in [6.45, 7) is 6.93. The summed E-state index contributed by atoms with van der Waals surface area (Å²) in [7, 11) is 1.39. The number of para-hydroxylation sites is 1. The molecule has 1 aliphatic heterocycles. The van der Waals surface area contributed by atoms with E-state index in [1.54, 1.807) is 0 Å². The van der Waals surface area contributed by atoms with E-state index in [0.717, 1.165) is 12.8 Å². The Morgan fingerprint density at radius 1 is 1.15 bits per heavy atom. The molecule has 1 fully saturated rings. The number of hydrogen-bond acceptors (Lipinski definition) is 10. The van der Waals surface area contributed by atoms with Gasteiger partial charge in [0.1, 0.15) is 18.0 Å². The number of ether oxygens (including phenoxy) is 6. The molecule has 4 atom stereocenters. The molecule has 11 heteroatoms. The van der Waals surface area contributed by atoms with Crippen LogP contribution in [0.1, 0.15) is 51.0 Å². The molecule has 1 aromatic heterocycles. The third-order valence-electron chi connectivity index (χ3n) is 6.42. The Bertz CT molecular complexity index is 1130. The van der Waals surface area contributed by atoms with Gasteiger partial charge in [-0.2, -0.15) is 0 Å². The zero-order valence-electron chi connectivity index (χ0n) is 23.6. The first-order valence-electron chi connectivity index (χ1n) is 13.3. The second-order valence-corrected chi connectivity index (χ2v) is 9.90. The molecule has 40 heavy (non-hydrogen) atoms. The molecule has 1 saturated heterocycles. The SMILES string of the molecule is COc1ccnc(C(=O)N[C@H]2COC[C@H](Oc3ccccc3)[C@@H](CCC(C)C)[C@H](C)OC2=O)c1OCOC(C)=O. The zero-order chi connectivity index (χ0) is 29.1. The fourth-order valence-corrected chi connectivity index (χ4v) is 4.28. The number of carbonyl (C=O) groups excluding carboxylic acids is 3. The standard InChI is InChI=1S/C29H38N2O9/c1-18(2)11-12-22-19(3)39-29(34)23(15-36-16-25(22)40-21-9-7-6-8-10-21)31-28(33)26-27(38-17-37-20(4)32)24(35-5)13-14-30-26/h6-10,13-14,18-19,22-23,25H,11-12,15-17H2,1-5H3,(H,31,33)/t19-,22-,23-,25-/m0/s1. The molecule has 2 aromatic rings. The van der Waals surface area contributed by atoms with Crippen LogP contribution in [0.2, 0.25) is 0 Å². The first-order valence-corrected chi connectivity index (χ1v) is 13.3. The number of cyclic esters (lactones) is 1. The lowest BCUT2D eigenvalue weighted by molar-refractivity contribution is -0.154. The van der Waals surface area contributed by atoms with Crippen molar-refractivity contribution in [1.82, 2.24) is 10.3 Å². The third kappa shape index (κ3) is 8.84. The van der Waals surface area contributed by atoms with Gasteiger partial charge in [0.25, 0.3) is 5.91 Å². The Labute approximate surface area is 234 Å². The second kappa shape index (κ2) is 15.1. The summed E-state index contributed by atoms with van der Waals surface area (Å²) in [5, 5.41) is 2.64. The molecule has 1 N–H and O–H groups in total. The van der Waals surface area contributed by atoms with Crippen molar-refractivity contribution in [2.24, 2.45) is 11.8 Å². The van der Waals surface area contributed by atoms with Crippen LogP contribution in [0.5, 0.6) is 17.2 Å². The monoisotopic (exact) mass is 558 g/mol. The molecule has 0 unspecified atom stereocenters. The molecule has 0 radical (unpaired) electrons. The highest BCUT2D eigenvalue weighted by molar-refractivity contribution is 5.98. The number of benzene rings is 1. The van der Waals surface area contributed by atoms with Gasteiger partial charge in [0.15, 0.2) is 23.2 Å². The van der Waals surface area contributed by atoms with Gasteiger partial charge in [-0.05, 0) is 31.4 Å². The maximum atomic E-state index is 13.3. The number of methoxy groups -OCH3 is 1. The minimum Gasteiger partial charge on any atom is -0.493 e. The van der Waals surface area contributed by atoms with Crippen molar-refractivity contribution in [2.45, 2.75) is 58.8 Å². The number of hydrogen-bond donors (Lipinski definition) is 1. The van der Waals surface area contributed by atoms with Gasteiger partial charge in [-0.1, -0.05) is 38.5 Å². The minimum atomic E-state index is -1.12. The molecule has 2 heterocycles. The number of nitrogens with one attached hydrogen (secondary N) is 1. The normalized spacial score (nSPS) is 21.3. The summed E-state index contributed by atoms with van der Waals surface area (Å²) >= 11 is 0. The lowest BCUT2D eigenvalue weighted by atomic mass is 9.89. The molecule has 1 amide bonds. The number of pyridine rings is 1. The average Bonchev–Trinajstić information content (AvgIpc) is 2.96. The molecular formula is C29H38N2O9. The number of nitrogens with zero attached hydrogens (tertiary/aromatic N) is 1. The lowest BCUT2D eigenvalue weighted by Gasteiger charge is -2.31. The van der Waals surface area contributed by atoms with Crippen molar-refractivity contribution in [2.75, 3.05) is 27.1 Å². The highest BCUT2D eigenvalue weighted by Gasteiger charge is 2.36. The van der Waals surface area contributed by atoms with Crippen molar-refractivity contribution in [3.8, 4) is 17.2 Å². The van der Waals surface area contributed by atoms with Crippen molar-refractivity contribution >= 4 is 17.8 Å². The topological polar surface area (TPSA) is 132 Å². The van der Waals surface area contributed by atoms with Crippen LogP contribution in [0.15, 0.2) is 42.6 Å². The van der Waals surface area contributed by atoms with Crippen molar-refractivity contribution in [3.05, 3.63) is 48.3 Å². The van der Waals surface area contributed by atoms with E-state index in [1.807, 2.05) is 37.3 Å². The quantitative estimate of drug-likeness (QED) is 0.323. The first kappa shape index (κ1) is 30.7. The predicted octanol–water partition coefficient (Wildman–Crippen LogP) is 3.55. The fraction of sp³-hybridized carbons (Fsp3) is 0.517. The van der Waals surface area contributed by atoms with Crippen LogP contribution < -0.4 is 19.5 Å². The number of rotatable bonds is 11. The number of aromatic nitrogens is 1. The van der Waals surface area contributed by atoms with E-state index in [4.69, 9.17) is 28.4 Å². The van der Waals surface area contributed by atoms with E-state index in [-0.39, 0.29) is 42.4 Å². The minimum absolute atomic E-state index is 0.0421. The van der Waals surface area contributed by atoms with E-state index < -0.39 is 36.8 Å². The largest absolute Gasteiger partial charge is 0.493 e. The summed E-state index contributed by atoms with van der Waals surface area (Å²) < 4.78 is 33.6. The maximum Gasteiger partial charge on any atom is 0.331 e. The Morgan fingerprint density at radius 2 is 1.90 bits per heavy atom. The van der Waals surface area contributed by atoms with E-state index in [9.17, 15) is 14.4 Å². The Kier molecular flexibility index (Phi) is 11.6. The predicted molar refractivity (Wildman–Crippen MR) is 144 cm³/mol. The third-order valence-corrected chi connectivity index (χ3v) is 6.42. The van der Waals surface area contributed by atoms with Gasteiger partial charge < -0.3 is 33.7 Å². The van der Waals surface area contributed by atoms with Crippen LogP contribution in [0.4, 0.5) is 0 Å². The van der Waals surface area contributed by atoms with Gasteiger partial charge in [-0.15, -0.1) is 0 Å². The molecular weight excluding hydrogens is 520 g/mol. The highest BCUT2D eigenvalue weighted by Crippen LogP contribution is 2.30. The molecule has 1 aromatic carbocycles. The van der Waals surface area contributed by atoms with Gasteiger partial charge >= 0.3 is 11.9 Å². The Hall–Kier alpha value is -3.86. The molecule has 218 valence electrons. The second-order valence-electron chi connectivity index (χ2n) is 9.90. The van der Waals surface area contributed by atoms with Gasteiger partial charge in [0.2, 0.25) is 6.79 Å². The molecule has 3 rings (SSSR count). The molecule has 0 bridgehead atoms. The van der Waals surface area contributed by atoms with Crippen LogP contribution in [-0.4, -0.2) is 68.2 Å². The van der Waals surface area contributed by atoms with E-state index in [2.05, 4.69) is 24.1 Å². The molecule has 0 aliphatic carbocycles. The summed E-state index contributed by atoms with van der Waals surface area (Å²) in [5.74, 6) is -0.754. The van der Waals surface area contributed by atoms with E-state index >= 15 is 0 Å². The van der Waals surface area contributed by atoms with Crippen molar-refractivity contribution in [3.63, 3.8) is 0 Å².